The number of rotatable bonds is 3. The maximum atomic E-state index is 11.0. The van der Waals surface area contributed by atoms with Gasteiger partial charge >= 0.3 is 0 Å². The fraction of sp³-hybridized carbons (Fsp3) is 0.143. The quantitative estimate of drug-likeness (QED) is 0.874. The minimum atomic E-state index is -0.246. The van der Waals surface area contributed by atoms with Crippen LogP contribution in [0.4, 0.5) is 5.69 Å². The third kappa shape index (κ3) is 2.89. The lowest BCUT2D eigenvalue weighted by Gasteiger charge is -2.22. The zero-order chi connectivity index (χ0) is 14.7. The Balaban J connectivity index is 2.57. The van der Waals surface area contributed by atoms with Gasteiger partial charge in [0.25, 0.3) is 0 Å². The van der Waals surface area contributed by atoms with Gasteiger partial charge in [0, 0.05) is 16.8 Å². The molecule has 0 fully saturated rings. The van der Waals surface area contributed by atoms with Gasteiger partial charge in [-0.3, -0.25) is 10.2 Å². The molecule has 0 atom stereocenters. The summed E-state index contributed by atoms with van der Waals surface area (Å²) in [5.41, 5.74) is 2.97. The highest BCUT2D eigenvalue weighted by Crippen LogP contribution is 2.30. The zero-order valence-corrected chi connectivity index (χ0v) is 11.4. The normalized spacial score (nSPS) is 10.2. The van der Waals surface area contributed by atoms with E-state index < -0.39 is 0 Å². The Morgan fingerprint density at radius 1 is 1.45 bits per heavy atom. The molecule has 0 spiro atoms. The van der Waals surface area contributed by atoms with Gasteiger partial charge in [0.2, 0.25) is 0 Å². The summed E-state index contributed by atoms with van der Waals surface area (Å²) in [6.07, 6.45) is 1.88. The summed E-state index contributed by atoms with van der Waals surface area (Å²) in [7, 11) is 0. The van der Waals surface area contributed by atoms with Crippen molar-refractivity contribution in [3.63, 3.8) is 0 Å². The molecular formula is C14H11ClN3O2-. The molecule has 6 heteroatoms. The maximum absolute atomic E-state index is 11.0. The van der Waals surface area contributed by atoms with Crippen LogP contribution in [0.25, 0.3) is 11.3 Å². The number of benzene rings is 1. The lowest BCUT2D eigenvalue weighted by molar-refractivity contribution is 0.296. The van der Waals surface area contributed by atoms with Crippen LogP contribution in [-0.2, 0) is 6.42 Å². The Labute approximate surface area is 121 Å². The SMILES string of the molecule is Cc1c(CC#N)ccnc1-c1cc(Cl)cc(N([O-])O)c1. The minimum absolute atomic E-state index is 0.0272. The van der Waals surface area contributed by atoms with Crippen LogP contribution in [0.1, 0.15) is 11.1 Å². The summed E-state index contributed by atoms with van der Waals surface area (Å²) in [5, 5.41) is 28.8. The summed E-state index contributed by atoms with van der Waals surface area (Å²) >= 11 is 5.94. The first-order chi connectivity index (χ1) is 9.52. The van der Waals surface area contributed by atoms with E-state index in [2.05, 4.69) is 11.1 Å². The second-order valence-electron chi connectivity index (χ2n) is 4.25. The fourth-order valence-electron chi connectivity index (χ4n) is 1.96. The van der Waals surface area contributed by atoms with E-state index in [0.717, 1.165) is 11.1 Å². The standard InChI is InChI=1S/C14H11ClN3O2/c1-9-10(2-4-16)3-5-17-14(9)11-6-12(15)8-13(7-11)18(19)20/h3,5-8,19H,2H2,1H3/q-1. The van der Waals surface area contributed by atoms with Crippen molar-refractivity contribution in [3.05, 3.63) is 51.8 Å². The number of aromatic nitrogens is 1. The monoisotopic (exact) mass is 288 g/mol. The summed E-state index contributed by atoms with van der Waals surface area (Å²) < 4.78 is 0. The number of pyridine rings is 1. The molecule has 2 rings (SSSR count). The van der Waals surface area contributed by atoms with Gasteiger partial charge in [-0.1, -0.05) is 11.6 Å². The molecule has 1 heterocycles. The Hall–Kier alpha value is -2.13. The van der Waals surface area contributed by atoms with E-state index in [1.54, 1.807) is 18.3 Å². The molecule has 0 aliphatic rings. The number of nitriles is 1. The molecule has 0 radical (unpaired) electrons. The van der Waals surface area contributed by atoms with Crippen molar-refractivity contribution in [2.24, 2.45) is 0 Å². The maximum Gasteiger partial charge on any atom is 0.0735 e. The highest BCUT2D eigenvalue weighted by atomic mass is 35.5. The second-order valence-corrected chi connectivity index (χ2v) is 4.69. The van der Waals surface area contributed by atoms with Crippen molar-refractivity contribution in [1.29, 1.82) is 5.26 Å². The molecule has 1 N–H and O–H groups in total. The lowest BCUT2D eigenvalue weighted by Crippen LogP contribution is -2.07. The molecule has 0 unspecified atom stereocenters. The number of anilines is 1. The van der Waals surface area contributed by atoms with Gasteiger partial charge in [-0.25, -0.2) is 0 Å². The topological polar surface area (TPSA) is 83.2 Å². The van der Waals surface area contributed by atoms with Crippen molar-refractivity contribution in [3.8, 4) is 17.3 Å². The van der Waals surface area contributed by atoms with Crippen LogP contribution in [0.2, 0.25) is 5.02 Å². The Kier molecular flexibility index (Phi) is 4.20. The lowest BCUT2D eigenvalue weighted by atomic mass is 10.0. The predicted octanol–water partition coefficient (Wildman–Crippen LogP) is 3.47. The van der Waals surface area contributed by atoms with Gasteiger partial charge < -0.3 is 10.4 Å². The van der Waals surface area contributed by atoms with Gasteiger partial charge in [0.15, 0.2) is 0 Å². The average molecular weight is 289 g/mol. The highest BCUT2D eigenvalue weighted by molar-refractivity contribution is 6.31. The van der Waals surface area contributed by atoms with Crippen LogP contribution >= 0.6 is 11.6 Å². The van der Waals surface area contributed by atoms with Gasteiger partial charge in [0.05, 0.1) is 23.9 Å². The molecule has 20 heavy (non-hydrogen) atoms. The van der Waals surface area contributed by atoms with E-state index in [1.807, 2.05) is 6.92 Å². The molecule has 0 amide bonds. The summed E-state index contributed by atoms with van der Waals surface area (Å²) in [4.78, 5) is 4.26. The van der Waals surface area contributed by atoms with Crippen LogP contribution in [0, 0.1) is 23.5 Å². The van der Waals surface area contributed by atoms with Gasteiger partial charge in [-0.05, 0) is 42.3 Å². The molecule has 1 aromatic carbocycles. The van der Waals surface area contributed by atoms with E-state index >= 15 is 0 Å². The molecule has 0 aliphatic heterocycles. The average Bonchev–Trinajstić information content (AvgIpc) is 2.40. The van der Waals surface area contributed by atoms with E-state index in [4.69, 9.17) is 22.1 Å². The highest BCUT2D eigenvalue weighted by Gasteiger charge is 2.10. The summed E-state index contributed by atoms with van der Waals surface area (Å²) in [6, 6.07) is 8.37. The van der Waals surface area contributed by atoms with Crippen LogP contribution in [0.3, 0.4) is 0 Å². The van der Waals surface area contributed by atoms with Gasteiger partial charge in [-0.15, -0.1) is 0 Å². The fourth-order valence-corrected chi connectivity index (χ4v) is 2.19. The molecule has 0 aliphatic carbocycles. The smallest absolute Gasteiger partial charge is 0.0735 e. The number of nitrogens with zero attached hydrogens (tertiary/aromatic N) is 3. The van der Waals surface area contributed by atoms with Gasteiger partial charge in [0.1, 0.15) is 0 Å². The molecule has 0 saturated heterocycles. The largest absolute Gasteiger partial charge is 0.733 e. The predicted molar refractivity (Wildman–Crippen MR) is 76.4 cm³/mol. The van der Waals surface area contributed by atoms with Crippen molar-refractivity contribution in [2.45, 2.75) is 13.3 Å². The Morgan fingerprint density at radius 2 is 2.20 bits per heavy atom. The van der Waals surface area contributed by atoms with Crippen molar-refractivity contribution in [1.82, 2.24) is 4.98 Å². The molecule has 0 saturated carbocycles. The summed E-state index contributed by atoms with van der Waals surface area (Å²) in [6.45, 7) is 1.85. The molecule has 102 valence electrons. The van der Waals surface area contributed by atoms with E-state index in [0.29, 0.717) is 16.3 Å². The zero-order valence-electron chi connectivity index (χ0n) is 10.7. The van der Waals surface area contributed by atoms with Crippen LogP contribution in [0.5, 0.6) is 0 Å². The third-order valence-corrected chi connectivity index (χ3v) is 3.18. The molecule has 0 bridgehead atoms. The van der Waals surface area contributed by atoms with E-state index in [-0.39, 0.29) is 17.3 Å². The van der Waals surface area contributed by atoms with E-state index in [1.165, 1.54) is 12.1 Å². The number of halogens is 1. The molecule has 1 aromatic heterocycles. The van der Waals surface area contributed by atoms with Crippen molar-refractivity contribution < 1.29 is 5.21 Å². The first-order valence-corrected chi connectivity index (χ1v) is 6.19. The molecule has 2 aromatic rings. The third-order valence-electron chi connectivity index (χ3n) is 2.96. The number of hydrogen-bond acceptors (Lipinski definition) is 5. The Bertz CT molecular complexity index is 681. The first-order valence-electron chi connectivity index (χ1n) is 5.81. The summed E-state index contributed by atoms with van der Waals surface area (Å²) in [5.74, 6) is 0. The molecular weight excluding hydrogens is 278 g/mol. The van der Waals surface area contributed by atoms with E-state index in [9.17, 15) is 5.21 Å². The minimum Gasteiger partial charge on any atom is -0.733 e. The second kappa shape index (κ2) is 5.88. The molecule has 5 nitrogen and oxygen atoms in total. The van der Waals surface area contributed by atoms with Gasteiger partial charge in [-0.2, -0.15) is 5.26 Å². The van der Waals surface area contributed by atoms with Crippen molar-refractivity contribution in [2.75, 3.05) is 5.23 Å². The van der Waals surface area contributed by atoms with Crippen LogP contribution in [-0.4, -0.2) is 10.2 Å². The number of hydrogen-bond donors (Lipinski definition) is 1. The Morgan fingerprint density at radius 3 is 2.85 bits per heavy atom. The van der Waals surface area contributed by atoms with Crippen LogP contribution in [0.15, 0.2) is 30.5 Å². The van der Waals surface area contributed by atoms with Crippen LogP contribution < -0.4 is 5.23 Å². The van der Waals surface area contributed by atoms with Crippen molar-refractivity contribution >= 4 is 17.3 Å². The first kappa shape index (κ1) is 14.3.